The van der Waals surface area contributed by atoms with Crippen LogP contribution in [-0.4, -0.2) is 4.98 Å². The summed E-state index contributed by atoms with van der Waals surface area (Å²) in [5.41, 5.74) is 10.3. The number of nitrogens with two attached hydrogens (primary N) is 1. The molecule has 3 rings (SSSR count). The molecule has 2 aromatic heterocycles. The molecule has 2 heterocycles. The second kappa shape index (κ2) is 4.52. The molecule has 0 fully saturated rings. The smallest absolute Gasteiger partial charge is 0.0705 e. The van der Waals surface area contributed by atoms with Crippen molar-refractivity contribution in [3.8, 4) is 11.1 Å². The molecule has 3 heteroatoms. The first-order valence-electron chi connectivity index (χ1n) is 5.92. The third kappa shape index (κ3) is 1.92. The van der Waals surface area contributed by atoms with E-state index in [4.69, 9.17) is 5.73 Å². The summed E-state index contributed by atoms with van der Waals surface area (Å²) in [4.78, 5) is 5.75. The normalized spacial score (nSPS) is 11.0. The molecule has 0 atom stereocenters. The summed E-state index contributed by atoms with van der Waals surface area (Å²) in [5.74, 6) is 0. The minimum atomic E-state index is 0.594. The zero-order chi connectivity index (χ0) is 12.5. The summed E-state index contributed by atoms with van der Waals surface area (Å²) in [7, 11) is 0. The summed E-state index contributed by atoms with van der Waals surface area (Å²) in [6.07, 6.45) is 0. The highest BCUT2D eigenvalue weighted by Gasteiger charge is 2.06. The first-order valence-corrected chi connectivity index (χ1v) is 6.80. The average molecular weight is 254 g/mol. The Labute approximate surface area is 110 Å². The summed E-state index contributed by atoms with van der Waals surface area (Å²) >= 11 is 1.71. The van der Waals surface area contributed by atoms with Crippen LogP contribution in [0.15, 0.2) is 41.8 Å². The van der Waals surface area contributed by atoms with Gasteiger partial charge in [-0.1, -0.05) is 12.1 Å². The molecule has 0 bridgehead atoms. The molecule has 0 amide bonds. The van der Waals surface area contributed by atoms with E-state index in [9.17, 15) is 0 Å². The van der Waals surface area contributed by atoms with Gasteiger partial charge in [-0.2, -0.15) is 0 Å². The highest BCUT2D eigenvalue weighted by atomic mass is 32.1. The SMILES string of the molecule is Cc1ccc2cc(-c3ccsc3CN)ccc2n1. The number of aryl methyl sites for hydroxylation is 1. The highest BCUT2D eigenvalue weighted by Crippen LogP contribution is 2.30. The van der Waals surface area contributed by atoms with Crippen LogP contribution in [0.4, 0.5) is 0 Å². The van der Waals surface area contributed by atoms with Crippen molar-refractivity contribution in [2.24, 2.45) is 5.73 Å². The Hall–Kier alpha value is -1.71. The Morgan fingerprint density at radius 1 is 1.17 bits per heavy atom. The van der Waals surface area contributed by atoms with Crippen LogP contribution in [0.3, 0.4) is 0 Å². The summed E-state index contributed by atoms with van der Waals surface area (Å²) in [6.45, 7) is 2.61. The number of aromatic nitrogens is 1. The van der Waals surface area contributed by atoms with E-state index in [1.54, 1.807) is 11.3 Å². The van der Waals surface area contributed by atoms with Gasteiger partial charge >= 0.3 is 0 Å². The Bertz CT molecular complexity index is 701. The van der Waals surface area contributed by atoms with Crippen LogP contribution in [-0.2, 0) is 6.54 Å². The Morgan fingerprint density at radius 2 is 2.06 bits per heavy atom. The number of hydrogen-bond acceptors (Lipinski definition) is 3. The molecule has 0 radical (unpaired) electrons. The van der Waals surface area contributed by atoms with Crippen LogP contribution < -0.4 is 5.73 Å². The minimum absolute atomic E-state index is 0.594. The second-order valence-electron chi connectivity index (χ2n) is 4.32. The van der Waals surface area contributed by atoms with Crippen molar-refractivity contribution in [1.82, 2.24) is 4.98 Å². The van der Waals surface area contributed by atoms with Crippen molar-refractivity contribution in [3.05, 3.63) is 52.3 Å². The Kier molecular flexibility index (Phi) is 2.86. The molecule has 18 heavy (non-hydrogen) atoms. The van der Waals surface area contributed by atoms with Crippen LogP contribution in [0.5, 0.6) is 0 Å². The van der Waals surface area contributed by atoms with Gasteiger partial charge in [0.05, 0.1) is 5.52 Å². The van der Waals surface area contributed by atoms with Crippen molar-refractivity contribution < 1.29 is 0 Å². The van der Waals surface area contributed by atoms with Gasteiger partial charge in [-0.3, -0.25) is 4.98 Å². The van der Waals surface area contributed by atoms with Gasteiger partial charge in [-0.25, -0.2) is 0 Å². The van der Waals surface area contributed by atoms with E-state index in [-0.39, 0.29) is 0 Å². The van der Waals surface area contributed by atoms with Crippen molar-refractivity contribution in [3.63, 3.8) is 0 Å². The maximum Gasteiger partial charge on any atom is 0.0705 e. The van der Waals surface area contributed by atoms with Gasteiger partial charge in [0.15, 0.2) is 0 Å². The maximum absolute atomic E-state index is 5.76. The molecule has 0 aliphatic rings. The van der Waals surface area contributed by atoms with Crippen LogP contribution in [0, 0.1) is 6.92 Å². The van der Waals surface area contributed by atoms with E-state index >= 15 is 0 Å². The van der Waals surface area contributed by atoms with Crippen LogP contribution in [0.1, 0.15) is 10.6 Å². The second-order valence-corrected chi connectivity index (χ2v) is 5.32. The number of rotatable bonds is 2. The lowest BCUT2D eigenvalue weighted by atomic mass is 10.0. The minimum Gasteiger partial charge on any atom is -0.326 e. The fourth-order valence-electron chi connectivity index (χ4n) is 2.15. The third-order valence-electron chi connectivity index (χ3n) is 3.07. The van der Waals surface area contributed by atoms with Crippen molar-refractivity contribution in [2.45, 2.75) is 13.5 Å². The lowest BCUT2D eigenvalue weighted by molar-refractivity contribution is 1.11. The number of nitrogens with zero attached hydrogens (tertiary/aromatic N) is 1. The Morgan fingerprint density at radius 3 is 2.89 bits per heavy atom. The zero-order valence-electron chi connectivity index (χ0n) is 10.2. The number of hydrogen-bond donors (Lipinski definition) is 1. The largest absolute Gasteiger partial charge is 0.326 e. The van der Waals surface area contributed by atoms with E-state index in [0.717, 1.165) is 11.2 Å². The molecule has 1 aromatic carbocycles. The highest BCUT2D eigenvalue weighted by molar-refractivity contribution is 7.10. The number of thiophene rings is 1. The quantitative estimate of drug-likeness (QED) is 0.756. The van der Waals surface area contributed by atoms with Crippen LogP contribution in [0.2, 0.25) is 0 Å². The molecule has 3 aromatic rings. The van der Waals surface area contributed by atoms with Gasteiger partial charge in [-0.15, -0.1) is 11.3 Å². The first-order chi connectivity index (χ1) is 8.78. The topological polar surface area (TPSA) is 38.9 Å². The molecule has 0 saturated carbocycles. The average Bonchev–Trinajstić information content (AvgIpc) is 2.86. The Balaban J connectivity index is 2.16. The van der Waals surface area contributed by atoms with Crippen LogP contribution >= 0.6 is 11.3 Å². The molecule has 2 N–H and O–H groups in total. The van der Waals surface area contributed by atoms with Crippen molar-refractivity contribution in [2.75, 3.05) is 0 Å². The molecule has 0 aliphatic carbocycles. The van der Waals surface area contributed by atoms with Gasteiger partial charge in [0.2, 0.25) is 0 Å². The first kappa shape index (κ1) is 11.4. The van der Waals surface area contributed by atoms with E-state index in [0.29, 0.717) is 6.54 Å². The molecular formula is C15H14N2S. The van der Waals surface area contributed by atoms with Crippen LogP contribution in [0.25, 0.3) is 22.0 Å². The lowest BCUT2D eigenvalue weighted by Crippen LogP contribution is -1.94. The van der Waals surface area contributed by atoms with Gasteiger partial charge in [0, 0.05) is 22.5 Å². The van der Waals surface area contributed by atoms with Gasteiger partial charge in [-0.05, 0) is 47.7 Å². The fourth-order valence-corrected chi connectivity index (χ4v) is 2.93. The third-order valence-corrected chi connectivity index (χ3v) is 4.01. The monoisotopic (exact) mass is 254 g/mol. The molecule has 0 spiro atoms. The molecule has 2 nitrogen and oxygen atoms in total. The summed E-state index contributed by atoms with van der Waals surface area (Å²) < 4.78 is 0. The molecule has 90 valence electrons. The molecule has 0 unspecified atom stereocenters. The number of pyridine rings is 1. The van der Waals surface area contributed by atoms with E-state index in [2.05, 4.69) is 40.7 Å². The van der Waals surface area contributed by atoms with E-state index < -0.39 is 0 Å². The van der Waals surface area contributed by atoms with Crippen molar-refractivity contribution in [1.29, 1.82) is 0 Å². The molecular weight excluding hydrogens is 240 g/mol. The molecule has 0 aliphatic heterocycles. The van der Waals surface area contributed by atoms with E-state index in [1.807, 2.05) is 13.0 Å². The molecule has 0 saturated heterocycles. The van der Waals surface area contributed by atoms with Crippen molar-refractivity contribution >= 4 is 22.2 Å². The van der Waals surface area contributed by atoms with Gasteiger partial charge < -0.3 is 5.73 Å². The maximum atomic E-state index is 5.76. The number of fused-ring (bicyclic) bond motifs is 1. The summed E-state index contributed by atoms with van der Waals surface area (Å²) in [5, 5.41) is 3.27. The van der Waals surface area contributed by atoms with Gasteiger partial charge in [0.25, 0.3) is 0 Å². The van der Waals surface area contributed by atoms with E-state index in [1.165, 1.54) is 21.4 Å². The summed E-state index contributed by atoms with van der Waals surface area (Å²) in [6, 6.07) is 12.7. The predicted molar refractivity (Wildman–Crippen MR) is 77.7 cm³/mol. The predicted octanol–water partition coefficient (Wildman–Crippen LogP) is 3.73. The fraction of sp³-hybridized carbons (Fsp3) is 0.133. The number of benzene rings is 1. The standard InChI is InChI=1S/C15H14N2S/c1-10-2-3-12-8-11(4-5-14(12)17-10)13-6-7-18-15(13)9-16/h2-8H,9,16H2,1H3. The zero-order valence-corrected chi connectivity index (χ0v) is 11.0. The lowest BCUT2D eigenvalue weighted by Gasteiger charge is -2.05. The van der Waals surface area contributed by atoms with Gasteiger partial charge in [0.1, 0.15) is 0 Å².